The molecule has 0 unspecified atom stereocenters. The summed E-state index contributed by atoms with van der Waals surface area (Å²) in [6.07, 6.45) is 1.07. The Kier molecular flexibility index (Phi) is 2.88. The van der Waals surface area contributed by atoms with Crippen molar-refractivity contribution in [2.24, 2.45) is 0 Å². The van der Waals surface area contributed by atoms with E-state index >= 15 is 0 Å². The van der Waals surface area contributed by atoms with E-state index in [1.54, 1.807) is 0 Å². The first-order valence-electron chi connectivity index (χ1n) is 4.22. The smallest absolute Gasteiger partial charge is 0.246 e. The molecule has 1 aliphatic heterocycles. The molecule has 1 heterocycles. The average molecular weight is 157 g/mol. The van der Waals surface area contributed by atoms with E-state index in [0.717, 1.165) is 26.1 Å². The van der Waals surface area contributed by atoms with E-state index in [1.165, 1.54) is 5.84 Å². The van der Waals surface area contributed by atoms with Gasteiger partial charge in [0.05, 0.1) is 13.7 Å². The van der Waals surface area contributed by atoms with Gasteiger partial charge in [-0.3, -0.25) is 9.48 Å². The predicted octanol–water partition coefficient (Wildman–Crippen LogP) is -0.255. The molecule has 64 valence electrons. The minimum absolute atomic E-state index is 0.261. The van der Waals surface area contributed by atoms with Gasteiger partial charge in [-0.1, -0.05) is 6.92 Å². The minimum atomic E-state index is 0.261. The first kappa shape index (κ1) is 8.53. The zero-order valence-corrected chi connectivity index (χ0v) is 7.38. The molecule has 0 bridgehead atoms. The summed E-state index contributed by atoms with van der Waals surface area (Å²) in [4.78, 5) is 2.25. The third-order valence-corrected chi connectivity index (χ3v) is 2.20. The fourth-order valence-corrected chi connectivity index (χ4v) is 1.63. The molecular formula is C8H17N2O+. The van der Waals surface area contributed by atoms with Gasteiger partial charge in [0.25, 0.3) is 0 Å². The highest BCUT2D eigenvalue weighted by molar-refractivity contribution is 5.78. The van der Waals surface area contributed by atoms with Gasteiger partial charge < -0.3 is 5.11 Å². The summed E-state index contributed by atoms with van der Waals surface area (Å²) in [6.45, 7) is 5.37. The summed E-state index contributed by atoms with van der Waals surface area (Å²) in [5.41, 5.74) is 0. The van der Waals surface area contributed by atoms with Crippen LogP contribution >= 0.6 is 0 Å². The Bertz CT molecular complexity index is 165. The van der Waals surface area contributed by atoms with E-state index in [2.05, 4.69) is 23.4 Å². The number of nitrogens with zero attached hydrogens (tertiary/aromatic N) is 2. The lowest BCUT2D eigenvalue weighted by Gasteiger charge is -2.09. The molecule has 3 nitrogen and oxygen atoms in total. The van der Waals surface area contributed by atoms with Gasteiger partial charge in [0, 0.05) is 6.42 Å². The van der Waals surface area contributed by atoms with Crippen LogP contribution in [0.15, 0.2) is 0 Å². The number of hydrogen-bond donors (Lipinski definition) is 1. The van der Waals surface area contributed by atoms with Crippen molar-refractivity contribution in [3.8, 4) is 0 Å². The van der Waals surface area contributed by atoms with E-state index in [1.807, 2.05) is 0 Å². The number of hydrogen-bond acceptors (Lipinski definition) is 2. The molecule has 3 heteroatoms. The Hall–Kier alpha value is -0.570. The largest absolute Gasteiger partial charge is 0.392 e. The topological polar surface area (TPSA) is 26.5 Å². The van der Waals surface area contributed by atoms with Gasteiger partial charge in [-0.05, 0) is 0 Å². The van der Waals surface area contributed by atoms with Gasteiger partial charge in [0.2, 0.25) is 5.84 Å². The Morgan fingerprint density at radius 2 is 2.36 bits per heavy atom. The highest BCUT2D eigenvalue weighted by Crippen LogP contribution is 2.02. The van der Waals surface area contributed by atoms with Crippen LogP contribution in [0.1, 0.15) is 13.3 Å². The lowest BCUT2D eigenvalue weighted by molar-refractivity contribution is -0.487. The molecule has 0 spiro atoms. The van der Waals surface area contributed by atoms with Crippen LogP contribution in [-0.2, 0) is 0 Å². The number of likely N-dealkylation sites (N-methyl/N-ethyl adjacent to an activating group) is 1. The number of aliphatic hydroxyl groups excluding tert-OH is 1. The van der Waals surface area contributed by atoms with Crippen LogP contribution < -0.4 is 0 Å². The van der Waals surface area contributed by atoms with E-state index in [4.69, 9.17) is 5.11 Å². The Balaban J connectivity index is 2.56. The van der Waals surface area contributed by atoms with Crippen molar-refractivity contribution in [1.82, 2.24) is 4.90 Å². The van der Waals surface area contributed by atoms with Gasteiger partial charge in [0.15, 0.2) is 0 Å². The first-order chi connectivity index (χ1) is 5.29. The fraction of sp³-hybridized carbons (Fsp3) is 0.875. The zero-order chi connectivity index (χ0) is 8.27. The second kappa shape index (κ2) is 3.72. The molecule has 1 rings (SSSR count). The maximum absolute atomic E-state index is 8.75. The monoisotopic (exact) mass is 157 g/mol. The third kappa shape index (κ3) is 1.71. The van der Waals surface area contributed by atoms with Gasteiger partial charge >= 0.3 is 0 Å². The van der Waals surface area contributed by atoms with E-state index in [0.29, 0.717) is 0 Å². The lowest BCUT2D eigenvalue weighted by atomic mass is 10.4. The van der Waals surface area contributed by atoms with Crippen molar-refractivity contribution in [3.05, 3.63) is 0 Å². The standard InChI is InChI=1S/C8H17N2O/c1-3-8-9(2)4-5-10(8)6-7-11/h11H,3-7H2,1-2H3/q+1. The molecular weight excluding hydrogens is 140 g/mol. The lowest BCUT2D eigenvalue weighted by Crippen LogP contribution is -2.31. The van der Waals surface area contributed by atoms with E-state index in [-0.39, 0.29) is 6.61 Å². The highest BCUT2D eigenvalue weighted by Gasteiger charge is 2.25. The summed E-state index contributed by atoms with van der Waals surface area (Å²) in [7, 11) is 2.11. The van der Waals surface area contributed by atoms with Crippen LogP contribution in [0.3, 0.4) is 0 Å². The van der Waals surface area contributed by atoms with Crippen LogP contribution in [0.4, 0.5) is 0 Å². The van der Waals surface area contributed by atoms with Crippen molar-refractivity contribution < 1.29 is 9.68 Å². The van der Waals surface area contributed by atoms with Crippen molar-refractivity contribution in [3.63, 3.8) is 0 Å². The Morgan fingerprint density at radius 3 is 2.91 bits per heavy atom. The molecule has 0 aromatic rings. The fourth-order valence-electron chi connectivity index (χ4n) is 1.63. The van der Waals surface area contributed by atoms with Gasteiger partial charge in [-0.15, -0.1) is 0 Å². The van der Waals surface area contributed by atoms with Crippen molar-refractivity contribution in [2.45, 2.75) is 13.3 Å². The number of amidine groups is 1. The van der Waals surface area contributed by atoms with Gasteiger partial charge in [-0.25, -0.2) is 0 Å². The maximum Gasteiger partial charge on any atom is 0.246 e. The molecule has 0 aromatic heterocycles. The van der Waals surface area contributed by atoms with Gasteiger partial charge in [0.1, 0.15) is 19.6 Å². The number of rotatable bonds is 3. The molecule has 0 aliphatic carbocycles. The minimum Gasteiger partial charge on any atom is -0.392 e. The van der Waals surface area contributed by atoms with Crippen molar-refractivity contribution in [2.75, 3.05) is 33.3 Å². The first-order valence-corrected chi connectivity index (χ1v) is 4.22. The predicted molar refractivity (Wildman–Crippen MR) is 45.0 cm³/mol. The molecule has 0 fully saturated rings. The van der Waals surface area contributed by atoms with Crippen molar-refractivity contribution in [1.29, 1.82) is 0 Å². The molecule has 0 atom stereocenters. The van der Waals surface area contributed by atoms with Crippen molar-refractivity contribution >= 4 is 5.84 Å². The second-order valence-electron chi connectivity index (χ2n) is 2.90. The quantitative estimate of drug-likeness (QED) is 0.572. The molecule has 1 N–H and O–H groups in total. The second-order valence-corrected chi connectivity index (χ2v) is 2.90. The highest BCUT2D eigenvalue weighted by atomic mass is 16.3. The summed E-state index contributed by atoms with van der Waals surface area (Å²) < 4.78 is 2.26. The normalized spacial score (nSPS) is 18.3. The average Bonchev–Trinajstić information content (AvgIpc) is 2.33. The molecule has 0 saturated carbocycles. The third-order valence-electron chi connectivity index (χ3n) is 2.20. The Morgan fingerprint density at radius 1 is 1.64 bits per heavy atom. The Labute approximate surface area is 67.9 Å². The SMILES string of the molecule is CCC1=[N+](C)CCN1CCO. The van der Waals surface area contributed by atoms with Crippen LogP contribution in [0.2, 0.25) is 0 Å². The van der Waals surface area contributed by atoms with Crippen LogP contribution in [0.5, 0.6) is 0 Å². The summed E-state index contributed by atoms with van der Waals surface area (Å²) in [5.74, 6) is 1.36. The molecule has 0 aromatic carbocycles. The van der Waals surface area contributed by atoms with E-state index < -0.39 is 0 Å². The zero-order valence-electron chi connectivity index (χ0n) is 7.38. The summed E-state index contributed by atoms with van der Waals surface area (Å²) in [5, 5.41) is 8.75. The van der Waals surface area contributed by atoms with Crippen LogP contribution in [-0.4, -0.2) is 53.7 Å². The number of aliphatic hydroxyl groups is 1. The molecule has 1 aliphatic rings. The summed E-state index contributed by atoms with van der Waals surface area (Å²) in [6, 6.07) is 0. The van der Waals surface area contributed by atoms with Crippen LogP contribution in [0, 0.1) is 0 Å². The molecule has 0 radical (unpaired) electrons. The summed E-state index contributed by atoms with van der Waals surface area (Å²) >= 11 is 0. The molecule has 11 heavy (non-hydrogen) atoms. The molecule has 0 amide bonds. The maximum atomic E-state index is 8.75. The molecule has 0 saturated heterocycles. The van der Waals surface area contributed by atoms with Crippen LogP contribution in [0.25, 0.3) is 0 Å². The van der Waals surface area contributed by atoms with Gasteiger partial charge in [-0.2, -0.15) is 0 Å². The number of β-amino-alcohol motifs (C(OH)–C–C–N with tert-alkyl or cyclic N) is 1. The van der Waals surface area contributed by atoms with E-state index in [9.17, 15) is 0 Å².